The number of hydrogen-bond acceptors (Lipinski definition) is 4. The predicted octanol–water partition coefficient (Wildman–Crippen LogP) is 4.15. The lowest BCUT2D eigenvalue weighted by molar-refractivity contribution is 0.211. The number of rotatable bonds is 4. The van der Waals surface area contributed by atoms with Crippen LogP contribution in [0.2, 0.25) is 0 Å². The van der Waals surface area contributed by atoms with Gasteiger partial charge < -0.3 is 5.32 Å². The number of benzene rings is 2. The molecule has 4 nitrogen and oxygen atoms in total. The Kier molecular flexibility index (Phi) is 4.80. The molecule has 1 aliphatic heterocycles. The highest BCUT2D eigenvalue weighted by atomic mass is 19.1. The summed E-state index contributed by atoms with van der Waals surface area (Å²) in [5.74, 6) is 0.542. The van der Waals surface area contributed by atoms with Crippen molar-refractivity contribution in [1.82, 2.24) is 14.9 Å². The molecule has 3 aromatic rings. The van der Waals surface area contributed by atoms with Gasteiger partial charge in [-0.2, -0.15) is 0 Å². The summed E-state index contributed by atoms with van der Waals surface area (Å²) < 4.78 is 13.0. The molecular formula is C21H23FN4. The second-order valence-corrected chi connectivity index (χ2v) is 6.97. The topological polar surface area (TPSA) is 41.1 Å². The molecule has 0 atom stereocenters. The van der Waals surface area contributed by atoms with Gasteiger partial charge in [0.25, 0.3) is 0 Å². The van der Waals surface area contributed by atoms with Gasteiger partial charge in [0.15, 0.2) is 0 Å². The number of hydrogen-bond donors (Lipinski definition) is 1. The Morgan fingerprint density at radius 1 is 1.04 bits per heavy atom. The highest BCUT2D eigenvalue weighted by Crippen LogP contribution is 2.20. The van der Waals surface area contributed by atoms with Crippen molar-refractivity contribution in [2.45, 2.75) is 32.4 Å². The molecule has 0 amide bonds. The van der Waals surface area contributed by atoms with Crippen LogP contribution >= 0.6 is 0 Å². The Hall–Kier alpha value is -2.53. The first-order valence-electron chi connectivity index (χ1n) is 9.14. The number of aryl methyl sites for hydroxylation is 1. The number of likely N-dealkylation sites (tertiary alicyclic amines) is 1. The highest BCUT2D eigenvalue weighted by molar-refractivity contribution is 5.81. The molecule has 5 heteroatoms. The third kappa shape index (κ3) is 3.83. The van der Waals surface area contributed by atoms with Crippen molar-refractivity contribution in [3.8, 4) is 0 Å². The van der Waals surface area contributed by atoms with E-state index in [-0.39, 0.29) is 5.82 Å². The second kappa shape index (κ2) is 7.38. The molecule has 1 aromatic heterocycles. The lowest BCUT2D eigenvalue weighted by Crippen LogP contribution is -2.39. The number of anilines is 1. The maximum absolute atomic E-state index is 13.0. The zero-order valence-corrected chi connectivity index (χ0v) is 15.0. The van der Waals surface area contributed by atoms with E-state index >= 15 is 0 Å². The summed E-state index contributed by atoms with van der Waals surface area (Å²) in [5.41, 5.74) is 3.15. The SMILES string of the molecule is Cc1nc(NC2CCN(Cc3ccc(F)cc3)CC2)nc2ccccc12. The minimum Gasteiger partial charge on any atom is -0.351 e. The first-order chi connectivity index (χ1) is 12.7. The summed E-state index contributed by atoms with van der Waals surface area (Å²) in [7, 11) is 0. The fourth-order valence-electron chi connectivity index (χ4n) is 3.57. The van der Waals surface area contributed by atoms with Crippen molar-refractivity contribution in [3.05, 3.63) is 65.6 Å². The number of aromatic nitrogens is 2. The number of nitrogens with zero attached hydrogens (tertiary/aromatic N) is 3. The standard InChI is InChI=1S/C21H23FN4/c1-15-19-4-2-3-5-20(19)25-21(23-15)24-18-10-12-26(13-11-18)14-16-6-8-17(22)9-7-16/h2-9,18H,10-14H2,1H3,(H,23,24,25). The fourth-order valence-corrected chi connectivity index (χ4v) is 3.57. The quantitative estimate of drug-likeness (QED) is 0.767. The maximum atomic E-state index is 13.0. The van der Waals surface area contributed by atoms with Crippen molar-refractivity contribution in [3.63, 3.8) is 0 Å². The van der Waals surface area contributed by atoms with Crippen LogP contribution in [0.3, 0.4) is 0 Å². The maximum Gasteiger partial charge on any atom is 0.223 e. The molecule has 2 heterocycles. The summed E-state index contributed by atoms with van der Waals surface area (Å²) in [5, 5.41) is 4.61. The van der Waals surface area contributed by atoms with Gasteiger partial charge in [-0.05, 0) is 43.5 Å². The largest absolute Gasteiger partial charge is 0.351 e. The molecule has 0 spiro atoms. The molecule has 0 aliphatic carbocycles. The van der Waals surface area contributed by atoms with E-state index in [1.54, 1.807) is 0 Å². The van der Waals surface area contributed by atoms with Crippen molar-refractivity contribution < 1.29 is 4.39 Å². The van der Waals surface area contributed by atoms with Crippen LogP contribution in [0.5, 0.6) is 0 Å². The van der Waals surface area contributed by atoms with E-state index in [0.717, 1.165) is 60.6 Å². The van der Waals surface area contributed by atoms with Gasteiger partial charge in [-0.25, -0.2) is 14.4 Å². The van der Waals surface area contributed by atoms with E-state index in [1.165, 1.54) is 12.1 Å². The molecule has 4 rings (SSSR count). The zero-order chi connectivity index (χ0) is 17.9. The van der Waals surface area contributed by atoms with E-state index in [1.807, 2.05) is 37.3 Å². The van der Waals surface area contributed by atoms with Crippen LogP contribution in [0.4, 0.5) is 10.3 Å². The molecule has 1 N–H and O–H groups in total. The highest BCUT2D eigenvalue weighted by Gasteiger charge is 2.20. The van der Waals surface area contributed by atoms with E-state index in [2.05, 4.69) is 26.3 Å². The predicted molar refractivity (Wildman–Crippen MR) is 103 cm³/mol. The molecule has 0 saturated carbocycles. The van der Waals surface area contributed by atoms with Gasteiger partial charge >= 0.3 is 0 Å². The molecule has 0 unspecified atom stereocenters. The van der Waals surface area contributed by atoms with Gasteiger partial charge in [-0.3, -0.25) is 4.90 Å². The van der Waals surface area contributed by atoms with E-state index < -0.39 is 0 Å². The van der Waals surface area contributed by atoms with Crippen LogP contribution in [0.15, 0.2) is 48.5 Å². The van der Waals surface area contributed by atoms with Gasteiger partial charge in [-0.1, -0.05) is 30.3 Å². The molecule has 26 heavy (non-hydrogen) atoms. The summed E-state index contributed by atoms with van der Waals surface area (Å²) in [4.78, 5) is 11.7. The van der Waals surface area contributed by atoms with Crippen molar-refractivity contribution in [2.75, 3.05) is 18.4 Å². The molecule has 1 fully saturated rings. The van der Waals surface area contributed by atoms with Crippen LogP contribution in [-0.4, -0.2) is 34.0 Å². The summed E-state index contributed by atoms with van der Waals surface area (Å²) in [6.45, 7) is 4.93. The fraction of sp³-hybridized carbons (Fsp3) is 0.333. The summed E-state index contributed by atoms with van der Waals surface area (Å²) in [6, 6.07) is 15.3. The normalized spacial score (nSPS) is 16.1. The first-order valence-corrected chi connectivity index (χ1v) is 9.14. The van der Waals surface area contributed by atoms with Crippen LogP contribution in [0.1, 0.15) is 24.1 Å². The van der Waals surface area contributed by atoms with Gasteiger partial charge in [0.05, 0.1) is 11.2 Å². The van der Waals surface area contributed by atoms with Crippen molar-refractivity contribution >= 4 is 16.9 Å². The van der Waals surface area contributed by atoms with Crippen LogP contribution in [-0.2, 0) is 6.54 Å². The van der Waals surface area contributed by atoms with Gasteiger partial charge in [0, 0.05) is 31.1 Å². The van der Waals surface area contributed by atoms with E-state index in [9.17, 15) is 4.39 Å². The Labute approximate surface area is 153 Å². The summed E-state index contributed by atoms with van der Waals surface area (Å²) >= 11 is 0. The third-order valence-corrected chi connectivity index (χ3v) is 5.03. The molecule has 1 saturated heterocycles. The number of halogens is 1. The van der Waals surface area contributed by atoms with E-state index in [4.69, 9.17) is 0 Å². The lowest BCUT2D eigenvalue weighted by Gasteiger charge is -2.32. The molecule has 0 radical (unpaired) electrons. The van der Waals surface area contributed by atoms with Gasteiger partial charge in [-0.15, -0.1) is 0 Å². The third-order valence-electron chi connectivity index (χ3n) is 5.03. The Morgan fingerprint density at radius 2 is 1.77 bits per heavy atom. The van der Waals surface area contributed by atoms with Crippen molar-refractivity contribution in [1.29, 1.82) is 0 Å². The molecule has 1 aliphatic rings. The molecule has 2 aromatic carbocycles. The number of para-hydroxylation sites is 1. The average Bonchev–Trinajstić information content (AvgIpc) is 2.65. The first kappa shape index (κ1) is 16.9. The van der Waals surface area contributed by atoms with Gasteiger partial charge in [0.2, 0.25) is 5.95 Å². The van der Waals surface area contributed by atoms with Gasteiger partial charge in [0.1, 0.15) is 5.82 Å². The van der Waals surface area contributed by atoms with Crippen LogP contribution in [0.25, 0.3) is 10.9 Å². The summed E-state index contributed by atoms with van der Waals surface area (Å²) in [6.07, 6.45) is 2.10. The average molecular weight is 350 g/mol. The zero-order valence-electron chi connectivity index (χ0n) is 15.0. The monoisotopic (exact) mass is 350 g/mol. The van der Waals surface area contributed by atoms with Crippen LogP contribution in [0, 0.1) is 12.7 Å². The Morgan fingerprint density at radius 3 is 2.54 bits per heavy atom. The molecular weight excluding hydrogens is 327 g/mol. The minimum absolute atomic E-state index is 0.178. The van der Waals surface area contributed by atoms with Crippen LogP contribution < -0.4 is 5.32 Å². The number of fused-ring (bicyclic) bond motifs is 1. The minimum atomic E-state index is -0.178. The smallest absolute Gasteiger partial charge is 0.223 e. The number of nitrogens with one attached hydrogen (secondary N) is 1. The van der Waals surface area contributed by atoms with Crippen molar-refractivity contribution in [2.24, 2.45) is 0 Å². The lowest BCUT2D eigenvalue weighted by atomic mass is 10.0. The molecule has 0 bridgehead atoms. The Bertz CT molecular complexity index is 886. The number of piperidine rings is 1. The van der Waals surface area contributed by atoms with E-state index in [0.29, 0.717) is 6.04 Å². The Balaban J connectivity index is 1.36. The second-order valence-electron chi connectivity index (χ2n) is 6.97. The molecule has 134 valence electrons.